The minimum atomic E-state index is -1.40. The SMILES string of the molecule is CC(O)(CCc1ccccc1)C(=O)N1C2CCC1CC(=O)NC2. The Labute approximate surface area is 136 Å². The van der Waals surface area contributed by atoms with E-state index in [4.69, 9.17) is 0 Å². The van der Waals surface area contributed by atoms with Crippen molar-refractivity contribution in [3.05, 3.63) is 35.9 Å². The summed E-state index contributed by atoms with van der Waals surface area (Å²) in [5, 5.41) is 13.6. The van der Waals surface area contributed by atoms with E-state index in [1.807, 2.05) is 30.3 Å². The van der Waals surface area contributed by atoms with E-state index >= 15 is 0 Å². The maximum Gasteiger partial charge on any atom is 0.254 e. The molecule has 1 aromatic carbocycles. The Bertz CT molecular complexity index is 585. The molecule has 2 bridgehead atoms. The number of fused-ring (bicyclic) bond motifs is 2. The van der Waals surface area contributed by atoms with Gasteiger partial charge in [-0.15, -0.1) is 0 Å². The van der Waals surface area contributed by atoms with Crippen LogP contribution in [-0.2, 0) is 16.0 Å². The Balaban J connectivity index is 1.69. The smallest absolute Gasteiger partial charge is 0.254 e. The highest BCUT2D eigenvalue weighted by atomic mass is 16.3. The highest BCUT2D eigenvalue weighted by molar-refractivity contribution is 5.87. The predicted octanol–water partition coefficient (Wildman–Crippen LogP) is 1.25. The first-order valence-electron chi connectivity index (χ1n) is 8.33. The molecule has 5 heteroatoms. The predicted molar refractivity (Wildman–Crippen MR) is 86.7 cm³/mol. The fraction of sp³-hybridized carbons (Fsp3) is 0.556. The summed E-state index contributed by atoms with van der Waals surface area (Å²) in [5.41, 5.74) is -0.291. The molecule has 2 amide bonds. The second-order valence-electron chi connectivity index (χ2n) is 6.87. The van der Waals surface area contributed by atoms with Crippen molar-refractivity contribution < 1.29 is 14.7 Å². The fourth-order valence-electron chi connectivity index (χ4n) is 3.63. The van der Waals surface area contributed by atoms with E-state index in [0.29, 0.717) is 25.8 Å². The van der Waals surface area contributed by atoms with Gasteiger partial charge < -0.3 is 15.3 Å². The summed E-state index contributed by atoms with van der Waals surface area (Å²) in [4.78, 5) is 26.4. The van der Waals surface area contributed by atoms with Crippen LogP contribution in [0.4, 0.5) is 0 Å². The molecule has 0 saturated carbocycles. The molecule has 0 spiro atoms. The summed E-state index contributed by atoms with van der Waals surface area (Å²) in [6.07, 6.45) is 3.12. The molecule has 3 unspecified atom stereocenters. The Morgan fingerprint density at radius 2 is 2.00 bits per heavy atom. The van der Waals surface area contributed by atoms with Gasteiger partial charge in [-0.05, 0) is 38.2 Å². The average molecular weight is 316 g/mol. The lowest BCUT2D eigenvalue weighted by Crippen LogP contribution is -2.52. The van der Waals surface area contributed by atoms with Crippen molar-refractivity contribution in [2.24, 2.45) is 0 Å². The molecule has 0 aromatic heterocycles. The second-order valence-corrected chi connectivity index (χ2v) is 6.87. The molecule has 1 aromatic rings. The number of benzene rings is 1. The summed E-state index contributed by atoms with van der Waals surface area (Å²) in [7, 11) is 0. The summed E-state index contributed by atoms with van der Waals surface area (Å²) in [6, 6.07) is 9.81. The van der Waals surface area contributed by atoms with E-state index in [9.17, 15) is 14.7 Å². The van der Waals surface area contributed by atoms with Crippen molar-refractivity contribution in [3.63, 3.8) is 0 Å². The first-order chi connectivity index (χ1) is 11.0. The molecule has 5 nitrogen and oxygen atoms in total. The van der Waals surface area contributed by atoms with Crippen LogP contribution in [0.3, 0.4) is 0 Å². The first-order valence-corrected chi connectivity index (χ1v) is 8.33. The number of hydrogen-bond acceptors (Lipinski definition) is 3. The number of carbonyl (C=O) groups excluding carboxylic acids is 2. The molecule has 3 rings (SSSR count). The number of aryl methyl sites for hydroxylation is 1. The van der Waals surface area contributed by atoms with Gasteiger partial charge in [0.15, 0.2) is 0 Å². The number of nitrogens with one attached hydrogen (secondary N) is 1. The van der Waals surface area contributed by atoms with Gasteiger partial charge in [0.25, 0.3) is 5.91 Å². The lowest BCUT2D eigenvalue weighted by molar-refractivity contribution is -0.153. The second kappa shape index (κ2) is 6.32. The topological polar surface area (TPSA) is 69.6 Å². The van der Waals surface area contributed by atoms with Crippen LogP contribution in [0.15, 0.2) is 30.3 Å². The van der Waals surface area contributed by atoms with Crippen LogP contribution in [0.2, 0.25) is 0 Å². The van der Waals surface area contributed by atoms with E-state index in [2.05, 4.69) is 5.32 Å². The highest BCUT2D eigenvalue weighted by Crippen LogP contribution is 2.31. The van der Waals surface area contributed by atoms with E-state index in [1.165, 1.54) is 0 Å². The zero-order chi connectivity index (χ0) is 16.4. The van der Waals surface area contributed by atoms with Crippen molar-refractivity contribution in [1.82, 2.24) is 10.2 Å². The standard InChI is InChI=1S/C18H24N2O3/c1-18(23,10-9-13-5-3-2-4-6-13)17(22)20-14-7-8-15(20)12-19-16(21)11-14/h2-6,14-15,23H,7-12H2,1H3,(H,19,21). The first kappa shape index (κ1) is 16.0. The molecule has 2 aliphatic heterocycles. The number of hydrogen-bond donors (Lipinski definition) is 2. The van der Waals surface area contributed by atoms with Crippen LogP contribution in [0, 0.1) is 0 Å². The number of aliphatic hydroxyl groups is 1. The van der Waals surface area contributed by atoms with Crippen molar-refractivity contribution in [2.75, 3.05) is 6.54 Å². The third-order valence-corrected chi connectivity index (χ3v) is 5.01. The molecule has 3 atom stereocenters. The van der Waals surface area contributed by atoms with Gasteiger partial charge in [-0.3, -0.25) is 9.59 Å². The Kier molecular flexibility index (Phi) is 4.39. The summed E-state index contributed by atoms with van der Waals surface area (Å²) in [5.74, 6) is -0.239. The van der Waals surface area contributed by atoms with Gasteiger partial charge in [-0.25, -0.2) is 0 Å². The minimum Gasteiger partial charge on any atom is -0.380 e. The van der Waals surface area contributed by atoms with Crippen molar-refractivity contribution in [1.29, 1.82) is 0 Å². The lowest BCUT2D eigenvalue weighted by Gasteiger charge is -2.34. The van der Waals surface area contributed by atoms with Gasteiger partial charge in [-0.1, -0.05) is 30.3 Å². The third-order valence-electron chi connectivity index (χ3n) is 5.01. The molecular formula is C18H24N2O3. The maximum atomic E-state index is 12.9. The Morgan fingerprint density at radius 1 is 1.30 bits per heavy atom. The van der Waals surface area contributed by atoms with Crippen LogP contribution in [0.5, 0.6) is 0 Å². The van der Waals surface area contributed by atoms with Crippen LogP contribution < -0.4 is 5.32 Å². The Morgan fingerprint density at radius 3 is 2.74 bits per heavy atom. The quantitative estimate of drug-likeness (QED) is 0.878. The number of rotatable bonds is 4. The monoisotopic (exact) mass is 316 g/mol. The molecule has 23 heavy (non-hydrogen) atoms. The molecule has 0 radical (unpaired) electrons. The Hall–Kier alpha value is -1.88. The van der Waals surface area contributed by atoms with Gasteiger partial charge >= 0.3 is 0 Å². The van der Waals surface area contributed by atoms with E-state index in [-0.39, 0.29) is 23.9 Å². The van der Waals surface area contributed by atoms with E-state index in [0.717, 1.165) is 18.4 Å². The molecule has 2 fully saturated rings. The minimum absolute atomic E-state index is 0.000992. The van der Waals surface area contributed by atoms with Crippen molar-refractivity contribution in [3.8, 4) is 0 Å². The maximum absolute atomic E-state index is 12.9. The molecular weight excluding hydrogens is 292 g/mol. The van der Waals surface area contributed by atoms with Gasteiger partial charge in [0.1, 0.15) is 5.60 Å². The van der Waals surface area contributed by atoms with Gasteiger partial charge in [0, 0.05) is 25.0 Å². The number of nitrogens with zero attached hydrogens (tertiary/aromatic N) is 1. The number of carbonyl (C=O) groups is 2. The van der Waals surface area contributed by atoms with Gasteiger partial charge in [0.05, 0.1) is 0 Å². The van der Waals surface area contributed by atoms with Crippen LogP contribution in [0.1, 0.15) is 38.2 Å². The summed E-state index contributed by atoms with van der Waals surface area (Å²) < 4.78 is 0. The highest BCUT2D eigenvalue weighted by Gasteiger charge is 2.45. The molecule has 124 valence electrons. The zero-order valence-corrected chi connectivity index (χ0v) is 13.5. The number of amides is 2. The average Bonchev–Trinajstić information content (AvgIpc) is 2.84. The van der Waals surface area contributed by atoms with Crippen LogP contribution in [0.25, 0.3) is 0 Å². The zero-order valence-electron chi connectivity index (χ0n) is 13.5. The van der Waals surface area contributed by atoms with Crippen molar-refractivity contribution in [2.45, 2.75) is 56.7 Å². The van der Waals surface area contributed by atoms with Gasteiger partial charge in [0.2, 0.25) is 5.91 Å². The molecule has 2 N–H and O–H groups in total. The van der Waals surface area contributed by atoms with E-state index in [1.54, 1.807) is 11.8 Å². The summed E-state index contributed by atoms with van der Waals surface area (Å²) >= 11 is 0. The summed E-state index contributed by atoms with van der Waals surface area (Å²) in [6.45, 7) is 2.09. The van der Waals surface area contributed by atoms with Crippen LogP contribution in [-0.4, -0.2) is 46.1 Å². The normalized spacial score (nSPS) is 26.3. The molecule has 0 aliphatic carbocycles. The molecule has 2 saturated heterocycles. The van der Waals surface area contributed by atoms with Crippen molar-refractivity contribution >= 4 is 11.8 Å². The molecule has 2 heterocycles. The fourth-order valence-corrected chi connectivity index (χ4v) is 3.63. The largest absolute Gasteiger partial charge is 0.380 e. The lowest BCUT2D eigenvalue weighted by atomic mass is 9.94. The van der Waals surface area contributed by atoms with Crippen LogP contribution >= 0.6 is 0 Å². The molecule has 2 aliphatic rings. The third kappa shape index (κ3) is 3.39. The van der Waals surface area contributed by atoms with Gasteiger partial charge in [-0.2, -0.15) is 0 Å². The van der Waals surface area contributed by atoms with E-state index < -0.39 is 5.60 Å².